The molecule has 2 bridgehead atoms. The number of carboxylic acids is 1. The number of para-hydroxylation sites is 1. The molecule has 1 unspecified atom stereocenters. The number of benzene rings is 1. The molecule has 0 aliphatic heterocycles. The Kier molecular flexibility index (Phi) is 3.30. The highest BCUT2D eigenvalue weighted by Gasteiger charge is 2.48. The Bertz CT molecular complexity index is 552. The van der Waals surface area contributed by atoms with Crippen LogP contribution in [-0.2, 0) is 9.59 Å². The summed E-state index contributed by atoms with van der Waals surface area (Å²) >= 11 is 0. The molecule has 1 aromatic rings. The van der Waals surface area contributed by atoms with Crippen molar-refractivity contribution >= 4 is 17.6 Å². The van der Waals surface area contributed by atoms with Crippen molar-refractivity contribution in [2.75, 3.05) is 5.32 Å². The number of fused-ring (bicyclic) bond motifs is 2. The van der Waals surface area contributed by atoms with Crippen molar-refractivity contribution in [1.82, 2.24) is 0 Å². The third-order valence-electron chi connectivity index (χ3n) is 4.38. The highest BCUT2D eigenvalue weighted by atomic mass is 16.4. The number of amides is 1. The average Bonchev–Trinajstić information content (AvgIpc) is 2.48. The predicted molar refractivity (Wildman–Crippen MR) is 75.0 cm³/mol. The van der Waals surface area contributed by atoms with Crippen LogP contribution in [-0.4, -0.2) is 17.0 Å². The van der Waals surface area contributed by atoms with Crippen molar-refractivity contribution in [3.8, 4) is 0 Å². The lowest BCUT2D eigenvalue weighted by Crippen LogP contribution is -2.47. The predicted octanol–water partition coefficient (Wildman–Crippen LogP) is 2.54. The minimum atomic E-state index is -0.864. The number of hydrogen-bond acceptors (Lipinski definition) is 2. The zero-order valence-electron chi connectivity index (χ0n) is 11.0. The van der Waals surface area contributed by atoms with E-state index in [0.29, 0.717) is 5.69 Å². The molecular weight excluding hydrogens is 254 g/mol. The van der Waals surface area contributed by atoms with Crippen LogP contribution in [0.25, 0.3) is 0 Å². The first-order chi connectivity index (χ1) is 9.66. The van der Waals surface area contributed by atoms with E-state index in [-0.39, 0.29) is 17.7 Å². The maximum atomic E-state index is 12.5. The Morgan fingerprint density at radius 3 is 2.15 bits per heavy atom. The van der Waals surface area contributed by atoms with Gasteiger partial charge in [0.25, 0.3) is 0 Å². The summed E-state index contributed by atoms with van der Waals surface area (Å²) in [6.45, 7) is 0. The first-order valence-corrected chi connectivity index (χ1v) is 6.94. The van der Waals surface area contributed by atoms with E-state index >= 15 is 0 Å². The Hall–Kier alpha value is -2.10. The molecule has 4 heteroatoms. The molecule has 1 amide bonds. The van der Waals surface area contributed by atoms with Gasteiger partial charge in [0.05, 0.1) is 11.8 Å². The molecule has 3 aliphatic carbocycles. The van der Waals surface area contributed by atoms with Crippen LogP contribution in [0, 0.1) is 23.7 Å². The second kappa shape index (κ2) is 5.12. The molecule has 0 spiro atoms. The minimum Gasteiger partial charge on any atom is -0.481 e. The van der Waals surface area contributed by atoms with Gasteiger partial charge in [0.15, 0.2) is 0 Å². The molecule has 3 aliphatic rings. The van der Waals surface area contributed by atoms with Crippen LogP contribution in [0.5, 0.6) is 0 Å². The topological polar surface area (TPSA) is 66.4 Å². The van der Waals surface area contributed by atoms with E-state index in [1.54, 1.807) is 0 Å². The van der Waals surface area contributed by atoms with E-state index in [4.69, 9.17) is 0 Å². The average molecular weight is 271 g/mol. The maximum absolute atomic E-state index is 12.5. The van der Waals surface area contributed by atoms with Crippen molar-refractivity contribution in [2.24, 2.45) is 23.7 Å². The fraction of sp³-hybridized carbons (Fsp3) is 0.375. The van der Waals surface area contributed by atoms with Gasteiger partial charge in [-0.1, -0.05) is 30.4 Å². The number of nitrogens with one attached hydrogen (secondary N) is 1. The molecule has 20 heavy (non-hydrogen) atoms. The molecule has 0 aromatic heterocycles. The minimum absolute atomic E-state index is 0.0102. The summed E-state index contributed by atoms with van der Waals surface area (Å²) in [5, 5.41) is 12.3. The van der Waals surface area contributed by atoms with Crippen molar-refractivity contribution in [2.45, 2.75) is 12.8 Å². The molecule has 4 atom stereocenters. The summed E-state index contributed by atoms with van der Waals surface area (Å²) in [5.74, 6) is -2.06. The van der Waals surface area contributed by atoms with Gasteiger partial charge < -0.3 is 10.4 Å². The summed E-state index contributed by atoms with van der Waals surface area (Å²) in [6, 6.07) is 9.19. The number of anilines is 1. The number of rotatable bonds is 3. The van der Waals surface area contributed by atoms with Crippen LogP contribution in [0.3, 0.4) is 0 Å². The highest BCUT2D eigenvalue weighted by molar-refractivity contribution is 5.96. The molecule has 4 rings (SSSR count). The fourth-order valence-corrected chi connectivity index (χ4v) is 3.44. The summed E-state index contributed by atoms with van der Waals surface area (Å²) < 4.78 is 0. The number of aliphatic carboxylic acids is 1. The van der Waals surface area contributed by atoms with E-state index in [9.17, 15) is 14.7 Å². The lowest BCUT2D eigenvalue weighted by molar-refractivity contribution is -0.151. The zero-order chi connectivity index (χ0) is 14.1. The first-order valence-electron chi connectivity index (χ1n) is 6.94. The summed E-state index contributed by atoms with van der Waals surface area (Å²) in [5.41, 5.74) is 0.715. The zero-order valence-corrected chi connectivity index (χ0v) is 11.0. The van der Waals surface area contributed by atoms with Crippen LogP contribution < -0.4 is 5.32 Å². The van der Waals surface area contributed by atoms with E-state index in [1.165, 1.54) is 0 Å². The van der Waals surface area contributed by atoms with E-state index in [0.717, 1.165) is 12.8 Å². The third-order valence-corrected chi connectivity index (χ3v) is 4.38. The standard InChI is InChI=1S/C16H17NO3/c18-15(17-12-4-2-1-3-5-12)13-10-6-8-11(9-7-10)14(13)16(19)20/h1-6,8,10-11,13-14H,7,9H2,(H,17,18)(H,19,20)/t10-,11+,13?,14+/m0/s1. The van der Waals surface area contributed by atoms with Crippen molar-refractivity contribution < 1.29 is 14.7 Å². The lowest BCUT2D eigenvalue weighted by atomic mass is 9.62. The normalized spacial score (nSPS) is 31.0. The van der Waals surface area contributed by atoms with Crippen molar-refractivity contribution in [1.29, 1.82) is 0 Å². The molecule has 1 fully saturated rings. The number of hydrogen-bond donors (Lipinski definition) is 2. The Morgan fingerprint density at radius 2 is 1.60 bits per heavy atom. The summed E-state index contributed by atoms with van der Waals surface area (Å²) in [4.78, 5) is 24.0. The van der Waals surface area contributed by atoms with E-state index < -0.39 is 17.8 Å². The van der Waals surface area contributed by atoms with E-state index in [1.807, 2.05) is 42.5 Å². The van der Waals surface area contributed by atoms with Gasteiger partial charge in [0.2, 0.25) is 5.91 Å². The van der Waals surface area contributed by atoms with Gasteiger partial charge in [0.1, 0.15) is 0 Å². The van der Waals surface area contributed by atoms with Gasteiger partial charge >= 0.3 is 5.97 Å². The van der Waals surface area contributed by atoms with Crippen LogP contribution in [0.2, 0.25) is 0 Å². The Balaban J connectivity index is 1.82. The second-order valence-electron chi connectivity index (χ2n) is 5.54. The largest absolute Gasteiger partial charge is 0.481 e. The molecule has 0 saturated heterocycles. The quantitative estimate of drug-likeness (QED) is 0.830. The molecule has 4 nitrogen and oxygen atoms in total. The molecule has 1 aromatic carbocycles. The lowest BCUT2D eigenvalue weighted by Gasteiger charge is -2.41. The summed E-state index contributed by atoms with van der Waals surface area (Å²) in [7, 11) is 0. The molecule has 1 saturated carbocycles. The number of carboxylic acid groups (broad SMARTS) is 1. The third kappa shape index (κ3) is 2.22. The van der Waals surface area contributed by atoms with Crippen molar-refractivity contribution in [3.63, 3.8) is 0 Å². The maximum Gasteiger partial charge on any atom is 0.307 e. The molecule has 2 N–H and O–H groups in total. The van der Waals surface area contributed by atoms with Gasteiger partial charge in [0, 0.05) is 5.69 Å². The van der Waals surface area contributed by atoms with Gasteiger partial charge in [-0.15, -0.1) is 0 Å². The van der Waals surface area contributed by atoms with Crippen LogP contribution >= 0.6 is 0 Å². The molecule has 0 heterocycles. The smallest absolute Gasteiger partial charge is 0.307 e. The number of carbonyl (C=O) groups excluding carboxylic acids is 1. The van der Waals surface area contributed by atoms with Gasteiger partial charge in [-0.25, -0.2) is 0 Å². The van der Waals surface area contributed by atoms with Gasteiger partial charge in [-0.05, 0) is 36.8 Å². The SMILES string of the molecule is O=C(Nc1ccccc1)C1[C@H]2C=C[C@H](CC2)[C@H]1C(=O)O. The number of carbonyl (C=O) groups is 2. The molecular formula is C16H17NO3. The van der Waals surface area contributed by atoms with Crippen LogP contribution in [0.1, 0.15) is 12.8 Å². The summed E-state index contributed by atoms with van der Waals surface area (Å²) in [6.07, 6.45) is 5.76. The van der Waals surface area contributed by atoms with Crippen molar-refractivity contribution in [3.05, 3.63) is 42.5 Å². The second-order valence-corrected chi connectivity index (χ2v) is 5.54. The Morgan fingerprint density at radius 1 is 1.00 bits per heavy atom. The number of allylic oxidation sites excluding steroid dienone is 2. The fourth-order valence-electron chi connectivity index (χ4n) is 3.44. The van der Waals surface area contributed by atoms with Gasteiger partial charge in [-0.3, -0.25) is 9.59 Å². The van der Waals surface area contributed by atoms with E-state index in [2.05, 4.69) is 5.32 Å². The van der Waals surface area contributed by atoms with Gasteiger partial charge in [-0.2, -0.15) is 0 Å². The first kappa shape index (κ1) is 12.9. The molecule has 0 radical (unpaired) electrons. The van der Waals surface area contributed by atoms with Crippen LogP contribution in [0.15, 0.2) is 42.5 Å². The van der Waals surface area contributed by atoms with Crippen LogP contribution in [0.4, 0.5) is 5.69 Å². The monoisotopic (exact) mass is 271 g/mol. The Labute approximate surface area is 117 Å². The highest BCUT2D eigenvalue weighted by Crippen LogP contribution is 2.45. The molecule has 104 valence electrons.